The fourth-order valence-corrected chi connectivity index (χ4v) is 3.23. The molecular weight excluding hydrogens is 356 g/mol. The molecule has 0 aliphatic carbocycles. The van der Waals surface area contributed by atoms with E-state index in [0.29, 0.717) is 6.54 Å². The molecule has 28 heavy (non-hydrogen) atoms. The topological polar surface area (TPSA) is 96.9 Å². The lowest BCUT2D eigenvalue weighted by Gasteiger charge is -2.17. The second-order valence-electron chi connectivity index (χ2n) is 6.47. The Morgan fingerprint density at radius 3 is 2.61 bits per heavy atom. The van der Waals surface area contributed by atoms with E-state index in [2.05, 4.69) is 5.32 Å². The van der Waals surface area contributed by atoms with Crippen LogP contribution in [0.1, 0.15) is 31.0 Å². The maximum atomic E-state index is 12.5. The Balaban J connectivity index is 1.88. The van der Waals surface area contributed by atoms with Gasteiger partial charge in [-0.1, -0.05) is 42.5 Å². The number of carbonyl (C=O) groups is 1. The molecule has 142 valence electrons. The molecule has 1 aromatic heterocycles. The van der Waals surface area contributed by atoms with Crippen molar-refractivity contribution < 1.29 is 4.79 Å². The van der Waals surface area contributed by atoms with Crippen LogP contribution in [0, 0.1) is 11.3 Å². The van der Waals surface area contributed by atoms with Crippen molar-refractivity contribution in [3.8, 4) is 6.07 Å². The maximum Gasteiger partial charge on any atom is 0.331 e. The highest BCUT2D eigenvalue weighted by atomic mass is 16.2. The van der Waals surface area contributed by atoms with Gasteiger partial charge in [0.15, 0.2) is 0 Å². The number of hydrogen-bond acceptors (Lipinski definition) is 4. The number of aromatic nitrogens is 2. The summed E-state index contributed by atoms with van der Waals surface area (Å²) in [5.74, 6) is -0.475. The summed E-state index contributed by atoms with van der Waals surface area (Å²) in [5, 5.41) is 14.0. The molecule has 0 saturated carbocycles. The van der Waals surface area contributed by atoms with Gasteiger partial charge in [0.25, 0.3) is 5.56 Å². The number of rotatable bonds is 5. The third kappa shape index (κ3) is 3.58. The number of carbonyl (C=O) groups excluding carboxylic acids is 1. The normalized spacial score (nSPS) is 11.8. The highest BCUT2D eigenvalue weighted by molar-refractivity contribution is 5.86. The zero-order valence-corrected chi connectivity index (χ0v) is 15.7. The van der Waals surface area contributed by atoms with Gasteiger partial charge >= 0.3 is 5.69 Å². The molecule has 0 fully saturated rings. The second kappa shape index (κ2) is 7.92. The Labute approximate surface area is 161 Å². The van der Waals surface area contributed by atoms with Crippen LogP contribution >= 0.6 is 0 Å². The second-order valence-corrected chi connectivity index (χ2v) is 6.47. The van der Waals surface area contributed by atoms with Gasteiger partial charge in [0.05, 0.1) is 6.04 Å². The van der Waals surface area contributed by atoms with E-state index in [9.17, 15) is 14.4 Å². The average Bonchev–Trinajstić information content (AvgIpc) is 2.71. The summed E-state index contributed by atoms with van der Waals surface area (Å²) >= 11 is 0. The van der Waals surface area contributed by atoms with E-state index in [0.717, 1.165) is 20.9 Å². The van der Waals surface area contributed by atoms with Gasteiger partial charge in [-0.2, -0.15) is 5.26 Å². The molecule has 0 aliphatic heterocycles. The number of hydrogen-bond donors (Lipinski definition) is 1. The van der Waals surface area contributed by atoms with Gasteiger partial charge in [0.2, 0.25) is 5.91 Å². The number of benzene rings is 2. The number of aryl methyl sites for hydroxylation is 1. The molecule has 1 N–H and O–H groups in total. The molecular formula is C21H20N4O3. The zero-order valence-electron chi connectivity index (χ0n) is 15.7. The van der Waals surface area contributed by atoms with Crippen LogP contribution in [0.15, 0.2) is 58.3 Å². The lowest BCUT2D eigenvalue weighted by Crippen LogP contribution is -2.44. The van der Waals surface area contributed by atoms with Crippen LogP contribution in [0.5, 0.6) is 0 Å². The SMILES string of the molecule is CCn1cc(C#N)c(=O)n(CC(=O)N[C@H](C)c2cccc3ccccc23)c1=O. The van der Waals surface area contributed by atoms with E-state index in [-0.39, 0.29) is 11.6 Å². The van der Waals surface area contributed by atoms with Crippen LogP contribution in [0.3, 0.4) is 0 Å². The first-order valence-electron chi connectivity index (χ1n) is 8.97. The van der Waals surface area contributed by atoms with Crippen molar-refractivity contribution in [2.75, 3.05) is 0 Å². The summed E-state index contributed by atoms with van der Waals surface area (Å²) in [4.78, 5) is 37.2. The van der Waals surface area contributed by atoms with Gasteiger partial charge in [-0.3, -0.25) is 14.2 Å². The Morgan fingerprint density at radius 1 is 1.18 bits per heavy atom. The van der Waals surface area contributed by atoms with Crippen molar-refractivity contribution in [2.45, 2.75) is 33.0 Å². The zero-order chi connectivity index (χ0) is 20.3. The van der Waals surface area contributed by atoms with Gasteiger partial charge in [-0.05, 0) is 30.2 Å². The highest BCUT2D eigenvalue weighted by Crippen LogP contribution is 2.23. The average molecular weight is 376 g/mol. The minimum absolute atomic E-state index is 0.170. The molecule has 0 radical (unpaired) electrons. The smallest absolute Gasteiger partial charge is 0.331 e. The third-order valence-corrected chi connectivity index (χ3v) is 4.67. The van der Waals surface area contributed by atoms with E-state index in [1.165, 1.54) is 10.8 Å². The molecule has 7 heteroatoms. The standard InChI is InChI=1S/C21H20N4O3/c1-3-24-12-16(11-22)20(27)25(21(24)28)13-19(26)23-14(2)17-10-6-8-15-7-4-5-9-18(15)17/h4-10,12,14H,3,13H2,1-2H3,(H,23,26)/t14-/m1/s1. The highest BCUT2D eigenvalue weighted by Gasteiger charge is 2.16. The van der Waals surface area contributed by atoms with Gasteiger partial charge in [0, 0.05) is 12.7 Å². The summed E-state index contributed by atoms with van der Waals surface area (Å²) < 4.78 is 2.04. The molecule has 2 aromatic carbocycles. The van der Waals surface area contributed by atoms with Gasteiger partial charge in [-0.25, -0.2) is 9.36 Å². The Hall–Kier alpha value is -3.66. The van der Waals surface area contributed by atoms with Gasteiger partial charge in [-0.15, -0.1) is 0 Å². The lowest BCUT2D eigenvalue weighted by molar-refractivity contribution is -0.122. The van der Waals surface area contributed by atoms with Crippen molar-refractivity contribution >= 4 is 16.7 Å². The predicted octanol–water partition coefficient (Wildman–Crippen LogP) is 1.93. The maximum absolute atomic E-state index is 12.5. The van der Waals surface area contributed by atoms with Crippen molar-refractivity contribution in [3.05, 3.63) is 80.6 Å². The summed E-state index contributed by atoms with van der Waals surface area (Å²) in [5.41, 5.74) is -0.600. The van der Waals surface area contributed by atoms with Crippen LogP contribution in [-0.2, 0) is 17.9 Å². The van der Waals surface area contributed by atoms with E-state index in [1.807, 2.05) is 49.4 Å². The monoisotopic (exact) mass is 376 g/mol. The molecule has 1 heterocycles. The molecule has 7 nitrogen and oxygen atoms in total. The van der Waals surface area contributed by atoms with Crippen molar-refractivity contribution in [1.82, 2.24) is 14.5 Å². The minimum atomic E-state index is -0.759. The van der Waals surface area contributed by atoms with E-state index < -0.39 is 23.7 Å². The summed E-state index contributed by atoms with van der Waals surface area (Å²) in [6, 6.07) is 15.1. The number of fused-ring (bicyclic) bond motifs is 1. The first kappa shape index (κ1) is 19.1. The van der Waals surface area contributed by atoms with Gasteiger partial charge < -0.3 is 5.32 Å². The van der Waals surface area contributed by atoms with Crippen molar-refractivity contribution in [1.29, 1.82) is 5.26 Å². The minimum Gasteiger partial charge on any atom is -0.348 e. The fraction of sp³-hybridized carbons (Fsp3) is 0.238. The molecule has 0 saturated heterocycles. The Bertz CT molecular complexity index is 1200. The number of amides is 1. The van der Waals surface area contributed by atoms with Crippen molar-refractivity contribution in [2.24, 2.45) is 0 Å². The van der Waals surface area contributed by atoms with Crippen LogP contribution < -0.4 is 16.6 Å². The number of nitrogens with one attached hydrogen (secondary N) is 1. The van der Waals surface area contributed by atoms with Crippen molar-refractivity contribution in [3.63, 3.8) is 0 Å². The molecule has 0 spiro atoms. The molecule has 0 unspecified atom stereocenters. The quantitative estimate of drug-likeness (QED) is 0.736. The molecule has 0 bridgehead atoms. The Morgan fingerprint density at radius 2 is 1.89 bits per heavy atom. The lowest BCUT2D eigenvalue weighted by atomic mass is 10.00. The van der Waals surface area contributed by atoms with Crippen LogP contribution in [-0.4, -0.2) is 15.0 Å². The third-order valence-electron chi connectivity index (χ3n) is 4.67. The number of nitriles is 1. The fourth-order valence-electron chi connectivity index (χ4n) is 3.23. The number of nitrogens with zero attached hydrogens (tertiary/aromatic N) is 3. The molecule has 3 rings (SSSR count). The van der Waals surface area contributed by atoms with Gasteiger partial charge in [0.1, 0.15) is 18.2 Å². The van der Waals surface area contributed by atoms with Crippen LogP contribution in [0.25, 0.3) is 10.8 Å². The molecule has 0 aliphatic rings. The summed E-state index contributed by atoms with van der Waals surface area (Å²) in [6.45, 7) is 3.42. The molecule has 3 aromatic rings. The van der Waals surface area contributed by atoms with E-state index in [1.54, 1.807) is 13.0 Å². The van der Waals surface area contributed by atoms with Crippen LogP contribution in [0.4, 0.5) is 0 Å². The molecule has 1 amide bonds. The predicted molar refractivity (Wildman–Crippen MR) is 106 cm³/mol. The summed E-state index contributed by atoms with van der Waals surface area (Å²) in [7, 11) is 0. The largest absolute Gasteiger partial charge is 0.348 e. The van der Waals surface area contributed by atoms with E-state index >= 15 is 0 Å². The first-order valence-corrected chi connectivity index (χ1v) is 8.97. The van der Waals surface area contributed by atoms with E-state index in [4.69, 9.17) is 5.26 Å². The summed E-state index contributed by atoms with van der Waals surface area (Å²) in [6.07, 6.45) is 1.22. The molecule has 1 atom stereocenters. The van der Waals surface area contributed by atoms with Crippen LogP contribution in [0.2, 0.25) is 0 Å². The Kier molecular flexibility index (Phi) is 5.41. The first-order chi connectivity index (χ1) is 13.5.